The van der Waals surface area contributed by atoms with E-state index in [1.54, 1.807) is 55.6 Å². The van der Waals surface area contributed by atoms with Crippen molar-refractivity contribution >= 4 is 23.1 Å². The van der Waals surface area contributed by atoms with Crippen LogP contribution >= 0.6 is 0 Å². The molecular formula is C28H27NO6. The Hall–Kier alpha value is -4.26. The highest BCUT2D eigenvalue weighted by Gasteiger charge is 2.47. The zero-order valence-corrected chi connectivity index (χ0v) is 20.3. The molecule has 1 aliphatic heterocycles. The van der Waals surface area contributed by atoms with E-state index in [2.05, 4.69) is 0 Å². The summed E-state index contributed by atoms with van der Waals surface area (Å²) in [5.74, 6) is -0.355. The average Bonchev–Trinajstić information content (AvgIpc) is 3.14. The molecule has 0 radical (unpaired) electrons. The minimum atomic E-state index is -0.862. The van der Waals surface area contributed by atoms with Gasteiger partial charge in [0, 0.05) is 11.3 Å². The standard InChI is InChI=1S/C28H27NO6/c1-16-8-6-11-21(17(16)2)29-25(18-9-7-10-20(14-18)33-3)24(27(31)28(29)32)26(30)19-12-13-22(34-4)23(15-19)35-5/h6-15,25,30H,1-5H3/b26-24+. The van der Waals surface area contributed by atoms with Crippen LogP contribution < -0.4 is 19.1 Å². The minimum Gasteiger partial charge on any atom is -0.507 e. The molecule has 3 aromatic rings. The number of aliphatic hydroxyl groups is 1. The number of amides is 1. The lowest BCUT2D eigenvalue weighted by Crippen LogP contribution is -2.30. The van der Waals surface area contributed by atoms with Gasteiger partial charge in [-0.05, 0) is 66.9 Å². The number of aliphatic hydroxyl groups excluding tert-OH is 1. The van der Waals surface area contributed by atoms with Crippen molar-refractivity contribution in [1.82, 2.24) is 0 Å². The molecule has 1 heterocycles. The molecule has 3 aromatic carbocycles. The van der Waals surface area contributed by atoms with Gasteiger partial charge in [0.1, 0.15) is 11.5 Å². The molecule has 7 nitrogen and oxygen atoms in total. The Bertz CT molecular complexity index is 1340. The lowest BCUT2D eigenvalue weighted by molar-refractivity contribution is -0.132. The Morgan fingerprint density at radius 3 is 2.26 bits per heavy atom. The Kier molecular flexibility index (Phi) is 6.51. The highest BCUT2D eigenvalue weighted by Crippen LogP contribution is 2.44. The Morgan fingerprint density at radius 2 is 1.57 bits per heavy atom. The Morgan fingerprint density at radius 1 is 0.857 bits per heavy atom. The van der Waals surface area contributed by atoms with Crippen molar-refractivity contribution in [3.05, 3.63) is 88.5 Å². The number of aryl methyl sites for hydroxylation is 1. The van der Waals surface area contributed by atoms with Crippen molar-refractivity contribution in [3.63, 3.8) is 0 Å². The molecule has 0 saturated carbocycles. The number of anilines is 1. The predicted molar refractivity (Wildman–Crippen MR) is 133 cm³/mol. The summed E-state index contributed by atoms with van der Waals surface area (Å²) in [4.78, 5) is 28.3. The molecule has 1 atom stereocenters. The van der Waals surface area contributed by atoms with Crippen LogP contribution in [0.5, 0.6) is 17.2 Å². The molecule has 1 amide bonds. The maximum Gasteiger partial charge on any atom is 0.300 e. The van der Waals surface area contributed by atoms with Crippen molar-refractivity contribution in [1.29, 1.82) is 0 Å². The smallest absolute Gasteiger partial charge is 0.300 e. The largest absolute Gasteiger partial charge is 0.507 e. The van der Waals surface area contributed by atoms with Crippen molar-refractivity contribution in [2.24, 2.45) is 0 Å². The zero-order valence-electron chi connectivity index (χ0n) is 20.3. The number of Topliss-reactive ketones (excluding diaryl/α,β-unsaturated/α-hetero) is 1. The first kappa shape index (κ1) is 23.9. The minimum absolute atomic E-state index is 0.0172. The van der Waals surface area contributed by atoms with Gasteiger partial charge in [0.15, 0.2) is 11.5 Å². The molecule has 1 unspecified atom stereocenters. The highest BCUT2D eigenvalue weighted by atomic mass is 16.5. The number of hydrogen-bond acceptors (Lipinski definition) is 6. The lowest BCUT2D eigenvalue weighted by Gasteiger charge is -2.27. The first-order valence-corrected chi connectivity index (χ1v) is 11.1. The summed E-state index contributed by atoms with van der Waals surface area (Å²) >= 11 is 0. The van der Waals surface area contributed by atoms with Gasteiger partial charge in [0.2, 0.25) is 0 Å². The average molecular weight is 474 g/mol. The SMILES string of the molecule is COc1cccc(C2/C(=C(\O)c3ccc(OC)c(OC)c3)C(=O)C(=O)N2c2cccc(C)c2C)c1. The van der Waals surface area contributed by atoms with Crippen LogP contribution in [0.15, 0.2) is 66.2 Å². The topological polar surface area (TPSA) is 85.3 Å². The van der Waals surface area contributed by atoms with E-state index in [0.29, 0.717) is 34.1 Å². The number of rotatable bonds is 6. The first-order valence-electron chi connectivity index (χ1n) is 11.1. The molecule has 1 saturated heterocycles. The molecule has 180 valence electrons. The number of hydrogen-bond donors (Lipinski definition) is 1. The third-order valence-electron chi connectivity index (χ3n) is 6.35. The summed E-state index contributed by atoms with van der Waals surface area (Å²) in [6.45, 7) is 3.85. The second-order valence-corrected chi connectivity index (χ2v) is 8.23. The van der Waals surface area contributed by atoms with E-state index < -0.39 is 17.7 Å². The van der Waals surface area contributed by atoms with E-state index in [-0.39, 0.29) is 11.3 Å². The first-order chi connectivity index (χ1) is 16.8. The molecule has 1 fully saturated rings. The molecule has 4 rings (SSSR count). The van der Waals surface area contributed by atoms with E-state index in [4.69, 9.17) is 14.2 Å². The van der Waals surface area contributed by atoms with E-state index in [0.717, 1.165) is 11.1 Å². The van der Waals surface area contributed by atoms with Crippen LogP contribution in [-0.2, 0) is 9.59 Å². The number of ketones is 1. The fourth-order valence-electron chi connectivity index (χ4n) is 4.34. The number of ether oxygens (including phenoxy) is 3. The van der Waals surface area contributed by atoms with Gasteiger partial charge < -0.3 is 19.3 Å². The maximum absolute atomic E-state index is 13.4. The Labute approximate surface area is 204 Å². The molecule has 1 N–H and O–H groups in total. The van der Waals surface area contributed by atoms with Gasteiger partial charge in [0.05, 0.1) is 32.9 Å². The molecule has 0 spiro atoms. The molecule has 35 heavy (non-hydrogen) atoms. The normalized spacial score (nSPS) is 16.9. The third-order valence-corrected chi connectivity index (χ3v) is 6.35. The van der Waals surface area contributed by atoms with Crippen LogP contribution in [0.3, 0.4) is 0 Å². The summed E-state index contributed by atoms with van der Waals surface area (Å²) in [6.07, 6.45) is 0. The van der Waals surface area contributed by atoms with E-state index >= 15 is 0 Å². The number of carbonyl (C=O) groups is 2. The van der Waals surface area contributed by atoms with Crippen molar-refractivity contribution < 1.29 is 28.9 Å². The van der Waals surface area contributed by atoms with E-state index in [9.17, 15) is 14.7 Å². The van der Waals surface area contributed by atoms with Gasteiger partial charge in [-0.1, -0.05) is 24.3 Å². The van der Waals surface area contributed by atoms with Gasteiger partial charge >= 0.3 is 0 Å². The van der Waals surface area contributed by atoms with Crippen LogP contribution in [0.2, 0.25) is 0 Å². The highest BCUT2D eigenvalue weighted by molar-refractivity contribution is 6.51. The maximum atomic E-state index is 13.4. The van der Waals surface area contributed by atoms with E-state index in [1.165, 1.54) is 19.1 Å². The van der Waals surface area contributed by atoms with Crippen LogP contribution in [-0.4, -0.2) is 38.1 Å². The summed E-state index contributed by atoms with van der Waals surface area (Å²) in [5.41, 5.74) is 3.39. The summed E-state index contributed by atoms with van der Waals surface area (Å²) < 4.78 is 16.0. The summed E-state index contributed by atoms with van der Waals surface area (Å²) in [6, 6.07) is 16.7. The summed E-state index contributed by atoms with van der Waals surface area (Å²) in [7, 11) is 4.54. The second-order valence-electron chi connectivity index (χ2n) is 8.23. The molecule has 7 heteroatoms. The van der Waals surface area contributed by atoms with Crippen LogP contribution in [0, 0.1) is 13.8 Å². The Balaban J connectivity index is 1.99. The fraction of sp³-hybridized carbons (Fsp3) is 0.214. The van der Waals surface area contributed by atoms with Gasteiger partial charge in [-0.15, -0.1) is 0 Å². The van der Waals surface area contributed by atoms with E-state index in [1.807, 2.05) is 26.0 Å². The van der Waals surface area contributed by atoms with Crippen LogP contribution in [0.4, 0.5) is 5.69 Å². The fourth-order valence-corrected chi connectivity index (χ4v) is 4.34. The van der Waals surface area contributed by atoms with Gasteiger partial charge in [-0.2, -0.15) is 0 Å². The number of methoxy groups -OCH3 is 3. The summed E-state index contributed by atoms with van der Waals surface area (Å²) in [5, 5.41) is 11.4. The quantitative estimate of drug-likeness (QED) is 0.310. The molecular weight excluding hydrogens is 446 g/mol. The zero-order chi connectivity index (χ0) is 25.3. The molecule has 1 aliphatic rings. The second kappa shape index (κ2) is 9.54. The van der Waals surface area contributed by atoms with Gasteiger partial charge in [-0.25, -0.2) is 0 Å². The van der Waals surface area contributed by atoms with Gasteiger partial charge in [-0.3, -0.25) is 14.5 Å². The number of carbonyl (C=O) groups excluding carboxylic acids is 2. The van der Waals surface area contributed by atoms with Crippen molar-refractivity contribution in [3.8, 4) is 17.2 Å². The van der Waals surface area contributed by atoms with Crippen molar-refractivity contribution in [2.45, 2.75) is 19.9 Å². The van der Waals surface area contributed by atoms with Crippen LogP contribution in [0.25, 0.3) is 5.76 Å². The molecule has 0 aromatic heterocycles. The number of benzene rings is 3. The number of nitrogens with zero attached hydrogens (tertiary/aromatic N) is 1. The van der Waals surface area contributed by atoms with Crippen molar-refractivity contribution in [2.75, 3.05) is 26.2 Å². The molecule has 0 aliphatic carbocycles. The predicted octanol–water partition coefficient (Wildman–Crippen LogP) is 4.96. The van der Waals surface area contributed by atoms with Gasteiger partial charge in [0.25, 0.3) is 11.7 Å². The molecule has 0 bridgehead atoms. The monoisotopic (exact) mass is 473 g/mol. The lowest BCUT2D eigenvalue weighted by atomic mass is 9.94. The van der Waals surface area contributed by atoms with Crippen LogP contribution in [0.1, 0.15) is 28.3 Å². The third kappa shape index (κ3) is 4.10.